The molecule has 0 bridgehead atoms. The topological polar surface area (TPSA) is 105 Å². The van der Waals surface area contributed by atoms with Crippen molar-refractivity contribution in [3.63, 3.8) is 0 Å². The lowest BCUT2D eigenvalue weighted by Crippen LogP contribution is -2.38. The van der Waals surface area contributed by atoms with Gasteiger partial charge in [0.2, 0.25) is 0 Å². The lowest BCUT2D eigenvalue weighted by Gasteiger charge is -2.16. The van der Waals surface area contributed by atoms with Crippen LogP contribution in [0, 0.1) is 0 Å². The predicted octanol–water partition coefficient (Wildman–Crippen LogP) is 3.75. The third-order valence-corrected chi connectivity index (χ3v) is 4.48. The third-order valence-electron chi connectivity index (χ3n) is 4.48. The summed E-state index contributed by atoms with van der Waals surface area (Å²) in [7, 11) is 0. The Morgan fingerprint density at radius 1 is 0.633 bits per heavy atom. The Labute approximate surface area is 177 Å². The molecular weight excluding hydrogens is 384 g/mol. The average molecular weight is 415 g/mol. The molecule has 0 aliphatic rings. The summed E-state index contributed by atoms with van der Waals surface area (Å²) in [6.07, 6.45) is 3.32. The molecule has 8 heteroatoms. The lowest BCUT2D eigenvalue weighted by molar-refractivity contribution is -0.0508. The lowest BCUT2D eigenvalue weighted by atomic mass is 10.2. The number of hydroxylamine groups is 4. The summed E-state index contributed by atoms with van der Waals surface area (Å²) in [5, 5.41) is 26.3. The number of carbonyl (C=O) groups is 2. The Morgan fingerprint density at radius 3 is 1.37 bits per heavy atom. The SMILES string of the molecule is O=C(NCCCCCCNC(=O)N(O)Cc1ccccc1)N(O)Cc1ccccc1. The fourth-order valence-electron chi connectivity index (χ4n) is 2.83. The quantitative estimate of drug-likeness (QED) is 0.255. The highest BCUT2D eigenvalue weighted by Gasteiger charge is 2.11. The van der Waals surface area contributed by atoms with E-state index in [1.54, 1.807) is 0 Å². The van der Waals surface area contributed by atoms with Gasteiger partial charge in [0.1, 0.15) is 0 Å². The van der Waals surface area contributed by atoms with Crippen LogP contribution >= 0.6 is 0 Å². The molecule has 0 radical (unpaired) electrons. The Bertz CT molecular complexity index is 693. The summed E-state index contributed by atoms with van der Waals surface area (Å²) in [4.78, 5) is 23.7. The van der Waals surface area contributed by atoms with Crippen molar-refractivity contribution in [1.82, 2.24) is 20.8 Å². The fraction of sp³-hybridized carbons (Fsp3) is 0.364. The van der Waals surface area contributed by atoms with Gasteiger partial charge in [-0.15, -0.1) is 0 Å². The van der Waals surface area contributed by atoms with Gasteiger partial charge in [-0.2, -0.15) is 0 Å². The number of hydrogen-bond acceptors (Lipinski definition) is 4. The van der Waals surface area contributed by atoms with Crippen LogP contribution in [0.25, 0.3) is 0 Å². The van der Waals surface area contributed by atoms with Gasteiger partial charge in [-0.05, 0) is 24.0 Å². The summed E-state index contributed by atoms with van der Waals surface area (Å²) in [5.41, 5.74) is 1.70. The molecule has 0 atom stereocenters. The Morgan fingerprint density at radius 2 is 1.00 bits per heavy atom. The standard InChI is InChI=1S/C22H30N4O4/c27-21(25(29)17-19-11-5-3-6-12-19)23-15-9-1-2-10-16-24-22(28)26(30)18-20-13-7-4-8-14-20/h3-8,11-14,29-30H,1-2,9-10,15-18H2,(H,23,27)(H,24,28). The van der Waals surface area contributed by atoms with E-state index in [0.717, 1.165) is 36.8 Å². The highest BCUT2D eigenvalue weighted by molar-refractivity contribution is 5.73. The first kappa shape index (κ1) is 23.2. The van der Waals surface area contributed by atoms with E-state index in [4.69, 9.17) is 0 Å². The summed E-state index contributed by atoms with van der Waals surface area (Å²) >= 11 is 0. The molecule has 162 valence electrons. The fourth-order valence-corrected chi connectivity index (χ4v) is 2.83. The molecule has 0 saturated carbocycles. The minimum Gasteiger partial charge on any atom is -0.336 e. The maximum Gasteiger partial charge on any atom is 0.341 e. The third kappa shape index (κ3) is 8.93. The van der Waals surface area contributed by atoms with Crippen LogP contribution in [0.3, 0.4) is 0 Å². The van der Waals surface area contributed by atoms with Crippen molar-refractivity contribution in [3.05, 3.63) is 71.8 Å². The minimum atomic E-state index is -0.521. The molecule has 4 amide bonds. The second-order valence-electron chi connectivity index (χ2n) is 6.96. The van der Waals surface area contributed by atoms with E-state index in [9.17, 15) is 20.0 Å². The van der Waals surface area contributed by atoms with E-state index in [2.05, 4.69) is 10.6 Å². The van der Waals surface area contributed by atoms with Crippen LogP contribution in [-0.2, 0) is 13.1 Å². The van der Waals surface area contributed by atoms with Crippen LogP contribution in [0.2, 0.25) is 0 Å². The first-order valence-electron chi connectivity index (χ1n) is 10.1. The van der Waals surface area contributed by atoms with Gasteiger partial charge in [0, 0.05) is 13.1 Å². The van der Waals surface area contributed by atoms with Crippen LogP contribution in [0.15, 0.2) is 60.7 Å². The Hall–Kier alpha value is -3.10. The molecule has 0 unspecified atom stereocenters. The normalized spacial score (nSPS) is 10.3. The van der Waals surface area contributed by atoms with Gasteiger partial charge in [0.05, 0.1) is 13.1 Å². The average Bonchev–Trinajstić information content (AvgIpc) is 2.76. The van der Waals surface area contributed by atoms with Crippen molar-refractivity contribution >= 4 is 12.1 Å². The summed E-state index contributed by atoms with van der Waals surface area (Å²) in [6.45, 7) is 1.22. The van der Waals surface area contributed by atoms with Crippen molar-refractivity contribution in [2.24, 2.45) is 0 Å². The van der Waals surface area contributed by atoms with E-state index in [1.165, 1.54) is 0 Å². The monoisotopic (exact) mass is 414 g/mol. The molecule has 0 aromatic heterocycles. The molecule has 2 aromatic carbocycles. The molecule has 30 heavy (non-hydrogen) atoms. The van der Waals surface area contributed by atoms with Gasteiger partial charge in [-0.25, -0.2) is 19.7 Å². The molecular formula is C22H30N4O4. The van der Waals surface area contributed by atoms with E-state index in [0.29, 0.717) is 23.2 Å². The zero-order valence-corrected chi connectivity index (χ0v) is 17.0. The predicted molar refractivity (Wildman–Crippen MR) is 113 cm³/mol. The molecule has 0 saturated heterocycles. The summed E-state index contributed by atoms with van der Waals surface area (Å²) < 4.78 is 0. The maximum absolute atomic E-state index is 11.8. The van der Waals surface area contributed by atoms with E-state index < -0.39 is 12.1 Å². The van der Waals surface area contributed by atoms with Crippen LogP contribution in [0.5, 0.6) is 0 Å². The second-order valence-corrected chi connectivity index (χ2v) is 6.96. The highest BCUT2D eigenvalue weighted by Crippen LogP contribution is 2.04. The number of amides is 4. The molecule has 4 N–H and O–H groups in total. The van der Waals surface area contributed by atoms with Crippen molar-refractivity contribution in [2.45, 2.75) is 38.8 Å². The molecule has 0 aliphatic heterocycles. The maximum atomic E-state index is 11.8. The molecule has 2 rings (SSSR count). The van der Waals surface area contributed by atoms with Gasteiger partial charge in [-0.3, -0.25) is 10.4 Å². The first-order chi connectivity index (χ1) is 14.6. The van der Waals surface area contributed by atoms with Crippen molar-refractivity contribution in [1.29, 1.82) is 0 Å². The number of unbranched alkanes of at least 4 members (excludes halogenated alkanes) is 3. The number of carbonyl (C=O) groups excluding carboxylic acids is 2. The van der Waals surface area contributed by atoms with Crippen molar-refractivity contribution < 1.29 is 20.0 Å². The Kier molecular flexibility index (Phi) is 10.2. The van der Waals surface area contributed by atoms with Crippen LogP contribution in [0.1, 0.15) is 36.8 Å². The Balaban J connectivity index is 1.47. The smallest absolute Gasteiger partial charge is 0.336 e. The van der Waals surface area contributed by atoms with Crippen LogP contribution in [0.4, 0.5) is 9.59 Å². The van der Waals surface area contributed by atoms with Gasteiger partial charge >= 0.3 is 12.1 Å². The van der Waals surface area contributed by atoms with Gasteiger partial charge in [-0.1, -0.05) is 73.5 Å². The number of rotatable bonds is 11. The highest BCUT2D eigenvalue weighted by atomic mass is 16.5. The summed E-state index contributed by atoms with van der Waals surface area (Å²) in [6, 6.07) is 17.5. The van der Waals surface area contributed by atoms with Gasteiger partial charge in [0.25, 0.3) is 0 Å². The largest absolute Gasteiger partial charge is 0.341 e. The minimum absolute atomic E-state index is 0.137. The number of benzene rings is 2. The molecule has 0 fully saturated rings. The van der Waals surface area contributed by atoms with Gasteiger partial charge in [0.15, 0.2) is 0 Å². The van der Waals surface area contributed by atoms with E-state index in [-0.39, 0.29) is 13.1 Å². The molecule has 0 spiro atoms. The van der Waals surface area contributed by atoms with Crippen molar-refractivity contribution in [2.75, 3.05) is 13.1 Å². The second kappa shape index (κ2) is 13.2. The molecule has 2 aromatic rings. The first-order valence-corrected chi connectivity index (χ1v) is 10.1. The zero-order chi connectivity index (χ0) is 21.6. The van der Waals surface area contributed by atoms with Crippen molar-refractivity contribution in [3.8, 4) is 0 Å². The zero-order valence-electron chi connectivity index (χ0n) is 17.0. The van der Waals surface area contributed by atoms with E-state index >= 15 is 0 Å². The molecule has 0 heterocycles. The number of nitrogens with one attached hydrogen (secondary N) is 2. The van der Waals surface area contributed by atoms with E-state index in [1.807, 2.05) is 60.7 Å². The van der Waals surface area contributed by atoms with Crippen LogP contribution in [-0.4, -0.2) is 45.7 Å². The number of nitrogens with zero attached hydrogens (tertiary/aromatic N) is 2. The number of urea groups is 2. The number of hydrogen-bond donors (Lipinski definition) is 4. The molecule has 8 nitrogen and oxygen atoms in total. The van der Waals surface area contributed by atoms with Gasteiger partial charge < -0.3 is 10.6 Å². The summed E-state index contributed by atoms with van der Waals surface area (Å²) in [5.74, 6) is 0. The molecule has 0 aliphatic carbocycles. The van der Waals surface area contributed by atoms with Crippen LogP contribution < -0.4 is 10.6 Å².